The average Bonchev–Trinajstić information content (AvgIpc) is 2.58. The molecule has 0 spiro atoms. The molecule has 3 rings (SSSR count). The Balaban J connectivity index is 1.69. The molecule has 1 N–H and O–H groups in total. The Morgan fingerprint density at radius 3 is 2.81 bits per heavy atom. The second-order valence-corrected chi connectivity index (χ2v) is 7.55. The van der Waals surface area contributed by atoms with Crippen LogP contribution >= 0.6 is 0 Å². The number of nitrogens with one attached hydrogen (secondary N) is 1. The first-order chi connectivity index (χ1) is 12.3. The van der Waals surface area contributed by atoms with Gasteiger partial charge in [-0.2, -0.15) is 0 Å². The first-order valence-electron chi connectivity index (χ1n) is 9.36. The summed E-state index contributed by atoms with van der Waals surface area (Å²) in [6, 6.07) is 6.97. The van der Waals surface area contributed by atoms with E-state index in [2.05, 4.69) is 19.2 Å². The number of benzene rings is 1. The van der Waals surface area contributed by atoms with Crippen molar-refractivity contribution in [3.63, 3.8) is 0 Å². The van der Waals surface area contributed by atoms with Gasteiger partial charge in [0.2, 0.25) is 0 Å². The van der Waals surface area contributed by atoms with Crippen molar-refractivity contribution in [3.8, 4) is 5.75 Å². The normalized spacial score (nSPS) is 24.2. The van der Waals surface area contributed by atoms with Crippen LogP contribution in [-0.4, -0.2) is 18.1 Å². The standard InChI is InChI=1S/C21H27NO4/c1-12-6-5-7-18(14(12)3)22-21(24)15(4)25-16-8-9-17-13(2)10-20(23)26-19(17)11-16/h8-12,14-15,18H,5-7H2,1-4H3,(H,22,24)/t12-,14-,15+,18-/m0/s1. The third-order valence-corrected chi connectivity index (χ3v) is 5.64. The van der Waals surface area contributed by atoms with E-state index in [1.165, 1.54) is 12.5 Å². The predicted molar refractivity (Wildman–Crippen MR) is 101 cm³/mol. The number of rotatable bonds is 4. The summed E-state index contributed by atoms with van der Waals surface area (Å²) in [5, 5.41) is 4.00. The number of hydrogen-bond acceptors (Lipinski definition) is 4. The highest BCUT2D eigenvalue weighted by Crippen LogP contribution is 2.29. The average molecular weight is 357 g/mol. The zero-order valence-corrected chi connectivity index (χ0v) is 15.9. The Morgan fingerprint density at radius 2 is 2.04 bits per heavy atom. The minimum absolute atomic E-state index is 0.109. The molecular formula is C21H27NO4. The van der Waals surface area contributed by atoms with Crippen LogP contribution in [0.4, 0.5) is 0 Å². The molecule has 1 saturated carbocycles. The molecule has 1 fully saturated rings. The predicted octanol–water partition coefficient (Wildman–Crippen LogP) is 3.81. The molecule has 1 aromatic heterocycles. The Morgan fingerprint density at radius 1 is 1.27 bits per heavy atom. The maximum absolute atomic E-state index is 12.5. The van der Waals surface area contributed by atoms with E-state index >= 15 is 0 Å². The van der Waals surface area contributed by atoms with E-state index < -0.39 is 11.7 Å². The van der Waals surface area contributed by atoms with Gasteiger partial charge in [-0.15, -0.1) is 0 Å². The molecule has 0 radical (unpaired) electrons. The lowest BCUT2D eigenvalue weighted by molar-refractivity contribution is -0.128. The Labute approximate surface area is 153 Å². The molecule has 2 aromatic rings. The number of hydrogen-bond donors (Lipinski definition) is 1. The van der Waals surface area contributed by atoms with Crippen molar-refractivity contribution in [3.05, 3.63) is 40.2 Å². The summed E-state index contributed by atoms with van der Waals surface area (Å²) >= 11 is 0. The number of ether oxygens (including phenoxy) is 1. The first-order valence-corrected chi connectivity index (χ1v) is 9.36. The fourth-order valence-electron chi connectivity index (χ4n) is 3.72. The van der Waals surface area contributed by atoms with Gasteiger partial charge in [-0.1, -0.05) is 26.7 Å². The number of carbonyl (C=O) groups excluding carboxylic acids is 1. The molecule has 1 aliphatic rings. The second kappa shape index (κ2) is 7.52. The van der Waals surface area contributed by atoms with Crippen LogP contribution in [-0.2, 0) is 4.79 Å². The van der Waals surface area contributed by atoms with Crippen molar-refractivity contribution in [2.45, 2.75) is 59.1 Å². The van der Waals surface area contributed by atoms with Crippen LogP contribution < -0.4 is 15.7 Å². The van der Waals surface area contributed by atoms with Gasteiger partial charge in [0.1, 0.15) is 11.3 Å². The smallest absolute Gasteiger partial charge is 0.336 e. The van der Waals surface area contributed by atoms with E-state index in [1.54, 1.807) is 19.1 Å². The van der Waals surface area contributed by atoms with Crippen LogP contribution in [0.15, 0.2) is 33.5 Å². The molecule has 5 nitrogen and oxygen atoms in total. The van der Waals surface area contributed by atoms with Crippen molar-refractivity contribution in [2.75, 3.05) is 0 Å². The number of carbonyl (C=O) groups is 1. The Kier molecular flexibility index (Phi) is 5.35. The van der Waals surface area contributed by atoms with Gasteiger partial charge in [0.15, 0.2) is 6.10 Å². The molecule has 140 valence electrons. The highest BCUT2D eigenvalue weighted by Gasteiger charge is 2.29. The lowest BCUT2D eigenvalue weighted by Crippen LogP contribution is -2.48. The summed E-state index contributed by atoms with van der Waals surface area (Å²) in [6.45, 7) is 8.05. The fourth-order valence-corrected chi connectivity index (χ4v) is 3.72. The van der Waals surface area contributed by atoms with E-state index in [9.17, 15) is 9.59 Å². The van der Waals surface area contributed by atoms with Gasteiger partial charge >= 0.3 is 5.63 Å². The molecule has 0 aliphatic heterocycles. The fraction of sp³-hybridized carbons (Fsp3) is 0.524. The van der Waals surface area contributed by atoms with Crippen molar-refractivity contribution in [2.24, 2.45) is 11.8 Å². The van der Waals surface area contributed by atoms with Crippen molar-refractivity contribution < 1.29 is 13.9 Å². The molecule has 1 aromatic carbocycles. The van der Waals surface area contributed by atoms with Crippen LogP contribution in [0.25, 0.3) is 11.0 Å². The summed E-state index contributed by atoms with van der Waals surface area (Å²) in [7, 11) is 0. The van der Waals surface area contributed by atoms with Crippen LogP contribution in [0.1, 0.15) is 45.6 Å². The third-order valence-electron chi connectivity index (χ3n) is 5.64. The van der Waals surface area contributed by atoms with Gasteiger partial charge in [-0.05, 0) is 49.8 Å². The maximum Gasteiger partial charge on any atom is 0.336 e. The molecular weight excluding hydrogens is 330 g/mol. The monoisotopic (exact) mass is 357 g/mol. The molecule has 26 heavy (non-hydrogen) atoms. The zero-order valence-electron chi connectivity index (χ0n) is 15.9. The largest absolute Gasteiger partial charge is 0.481 e. The lowest BCUT2D eigenvalue weighted by Gasteiger charge is -2.35. The zero-order chi connectivity index (χ0) is 18.8. The van der Waals surface area contributed by atoms with Crippen LogP contribution in [0.2, 0.25) is 0 Å². The molecule has 1 amide bonds. The molecule has 0 unspecified atom stereocenters. The van der Waals surface area contributed by atoms with E-state index in [0.29, 0.717) is 23.2 Å². The molecule has 4 atom stereocenters. The van der Waals surface area contributed by atoms with Crippen LogP contribution in [0, 0.1) is 18.8 Å². The van der Waals surface area contributed by atoms with E-state index in [1.807, 2.05) is 13.0 Å². The van der Waals surface area contributed by atoms with E-state index in [0.717, 1.165) is 23.8 Å². The van der Waals surface area contributed by atoms with E-state index in [-0.39, 0.29) is 11.9 Å². The summed E-state index contributed by atoms with van der Waals surface area (Å²) in [5.74, 6) is 1.50. The molecule has 0 saturated heterocycles. The van der Waals surface area contributed by atoms with Crippen molar-refractivity contribution in [1.29, 1.82) is 0 Å². The summed E-state index contributed by atoms with van der Waals surface area (Å²) in [6.07, 6.45) is 2.77. The first kappa shape index (κ1) is 18.5. The Hall–Kier alpha value is -2.30. The molecule has 0 bridgehead atoms. The molecule has 5 heteroatoms. The van der Waals surface area contributed by atoms with Crippen molar-refractivity contribution in [1.82, 2.24) is 5.32 Å². The maximum atomic E-state index is 12.5. The highest BCUT2D eigenvalue weighted by molar-refractivity contribution is 5.83. The minimum atomic E-state index is -0.617. The summed E-state index contributed by atoms with van der Waals surface area (Å²) in [4.78, 5) is 24.1. The van der Waals surface area contributed by atoms with Gasteiger partial charge in [0, 0.05) is 23.6 Å². The topological polar surface area (TPSA) is 68.5 Å². The van der Waals surface area contributed by atoms with Gasteiger partial charge in [0.25, 0.3) is 5.91 Å². The quantitative estimate of drug-likeness (QED) is 0.845. The summed E-state index contributed by atoms with van der Waals surface area (Å²) in [5.41, 5.74) is 0.933. The number of aryl methyl sites for hydroxylation is 1. The van der Waals surface area contributed by atoms with Gasteiger partial charge in [-0.3, -0.25) is 4.79 Å². The number of amides is 1. The molecule has 1 aliphatic carbocycles. The second-order valence-electron chi connectivity index (χ2n) is 7.55. The van der Waals surface area contributed by atoms with Gasteiger partial charge in [-0.25, -0.2) is 4.79 Å². The van der Waals surface area contributed by atoms with E-state index in [4.69, 9.17) is 9.15 Å². The summed E-state index contributed by atoms with van der Waals surface area (Å²) < 4.78 is 11.0. The minimum Gasteiger partial charge on any atom is -0.481 e. The lowest BCUT2D eigenvalue weighted by atomic mass is 9.78. The van der Waals surface area contributed by atoms with Crippen molar-refractivity contribution >= 4 is 16.9 Å². The van der Waals surface area contributed by atoms with Gasteiger partial charge in [0.05, 0.1) is 0 Å². The number of fused-ring (bicyclic) bond motifs is 1. The highest BCUT2D eigenvalue weighted by atomic mass is 16.5. The molecule has 1 heterocycles. The van der Waals surface area contributed by atoms with Gasteiger partial charge < -0.3 is 14.5 Å². The Bertz CT molecular complexity index is 857. The van der Waals surface area contributed by atoms with Crippen LogP contribution in [0.3, 0.4) is 0 Å². The SMILES string of the molecule is Cc1cc(=O)oc2cc(O[C@H](C)C(=O)N[C@H]3CCC[C@H](C)[C@@H]3C)ccc12. The third kappa shape index (κ3) is 3.92. The van der Waals surface area contributed by atoms with Crippen LogP contribution in [0.5, 0.6) is 5.75 Å².